The van der Waals surface area contributed by atoms with Crippen molar-refractivity contribution in [1.29, 1.82) is 0 Å². The zero-order chi connectivity index (χ0) is 12.4. The van der Waals surface area contributed by atoms with Crippen LogP contribution in [-0.4, -0.2) is 35.6 Å². The van der Waals surface area contributed by atoms with Crippen LogP contribution in [0.1, 0.15) is 25.7 Å². The van der Waals surface area contributed by atoms with E-state index >= 15 is 0 Å². The van der Waals surface area contributed by atoms with E-state index in [2.05, 4.69) is 20.2 Å². The average molecular weight is 267 g/mol. The van der Waals surface area contributed by atoms with Crippen molar-refractivity contribution in [3.63, 3.8) is 0 Å². The summed E-state index contributed by atoms with van der Waals surface area (Å²) in [5, 5.41) is 4.27. The molecule has 4 nitrogen and oxygen atoms in total. The van der Waals surface area contributed by atoms with Crippen molar-refractivity contribution >= 4 is 17.5 Å². The van der Waals surface area contributed by atoms with E-state index in [1.165, 1.54) is 32.2 Å². The highest BCUT2D eigenvalue weighted by atomic mass is 35.5. The molecule has 0 bridgehead atoms. The summed E-state index contributed by atoms with van der Waals surface area (Å²) in [5.74, 6) is 1.77. The van der Waals surface area contributed by atoms with Gasteiger partial charge in [0.25, 0.3) is 0 Å². The van der Waals surface area contributed by atoms with Crippen molar-refractivity contribution in [2.75, 3.05) is 24.5 Å². The van der Waals surface area contributed by atoms with Crippen molar-refractivity contribution in [2.24, 2.45) is 5.92 Å². The molecular formula is C13H19ClN4. The van der Waals surface area contributed by atoms with E-state index in [4.69, 9.17) is 11.6 Å². The maximum Gasteiger partial charge on any atom is 0.225 e. The van der Waals surface area contributed by atoms with Gasteiger partial charge in [0.05, 0.1) is 17.4 Å². The number of hydrogen-bond acceptors (Lipinski definition) is 4. The molecular weight excluding hydrogens is 248 g/mol. The van der Waals surface area contributed by atoms with Crippen LogP contribution in [0.3, 0.4) is 0 Å². The van der Waals surface area contributed by atoms with Crippen molar-refractivity contribution in [3.05, 3.63) is 17.4 Å². The van der Waals surface area contributed by atoms with Crippen LogP contribution in [0.25, 0.3) is 0 Å². The van der Waals surface area contributed by atoms with Crippen LogP contribution in [-0.2, 0) is 0 Å². The number of halogens is 1. The quantitative estimate of drug-likeness (QED) is 0.906. The average Bonchev–Trinajstić information content (AvgIpc) is 3.22. The molecule has 0 spiro atoms. The number of nitrogens with zero attached hydrogens (tertiary/aromatic N) is 3. The van der Waals surface area contributed by atoms with Crippen LogP contribution in [0.4, 0.5) is 5.95 Å². The third-order valence-electron chi connectivity index (χ3n) is 3.78. The molecule has 2 heterocycles. The molecule has 98 valence electrons. The molecule has 0 aromatic carbocycles. The summed E-state index contributed by atoms with van der Waals surface area (Å²) < 4.78 is 0. The molecule has 2 aliphatic rings. The van der Waals surface area contributed by atoms with E-state index in [9.17, 15) is 0 Å². The van der Waals surface area contributed by atoms with Gasteiger partial charge in [-0.15, -0.1) is 0 Å². The minimum atomic E-state index is 0.597. The zero-order valence-electron chi connectivity index (χ0n) is 10.5. The van der Waals surface area contributed by atoms with Crippen molar-refractivity contribution in [3.8, 4) is 0 Å². The first-order chi connectivity index (χ1) is 8.81. The van der Waals surface area contributed by atoms with Crippen LogP contribution in [0.2, 0.25) is 5.02 Å². The van der Waals surface area contributed by atoms with Crippen LogP contribution >= 0.6 is 11.6 Å². The molecule has 0 radical (unpaired) electrons. The minimum absolute atomic E-state index is 0.597. The zero-order valence-corrected chi connectivity index (χ0v) is 11.2. The molecule has 1 aliphatic heterocycles. The van der Waals surface area contributed by atoms with Gasteiger partial charge in [-0.25, -0.2) is 9.97 Å². The van der Waals surface area contributed by atoms with Crippen molar-refractivity contribution in [1.82, 2.24) is 15.3 Å². The predicted molar refractivity (Wildman–Crippen MR) is 73.0 cm³/mol. The topological polar surface area (TPSA) is 41.1 Å². The van der Waals surface area contributed by atoms with Crippen LogP contribution < -0.4 is 10.2 Å². The summed E-state index contributed by atoms with van der Waals surface area (Å²) in [6, 6.07) is 0.675. The van der Waals surface area contributed by atoms with E-state index < -0.39 is 0 Å². The van der Waals surface area contributed by atoms with Gasteiger partial charge in [-0.3, -0.25) is 0 Å². The Bertz CT molecular complexity index is 382. The van der Waals surface area contributed by atoms with Gasteiger partial charge in [0.1, 0.15) is 0 Å². The first kappa shape index (κ1) is 12.2. The highest BCUT2D eigenvalue weighted by Crippen LogP contribution is 2.28. The first-order valence-electron chi connectivity index (χ1n) is 6.77. The van der Waals surface area contributed by atoms with Crippen LogP contribution in [0.5, 0.6) is 0 Å². The Morgan fingerprint density at radius 3 is 2.44 bits per heavy atom. The summed E-state index contributed by atoms with van der Waals surface area (Å²) in [6.07, 6.45) is 8.54. The maximum atomic E-state index is 5.80. The molecule has 1 N–H and O–H groups in total. The van der Waals surface area contributed by atoms with Gasteiger partial charge < -0.3 is 10.2 Å². The Labute approximate surface area is 113 Å². The van der Waals surface area contributed by atoms with Crippen molar-refractivity contribution in [2.45, 2.75) is 31.7 Å². The van der Waals surface area contributed by atoms with Crippen molar-refractivity contribution < 1.29 is 0 Å². The number of anilines is 1. The van der Waals surface area contributed by atoms with Crippen LogP contribution in [0, 0.1) is 5.92 Å². The fourth-order valence-corrected chi connectivity index (χ4v) is 2.51. The molecule has 0 atom stereocenters. The molecule has 5 heteroatoms. The molecule has 3 rings (SSSR count). The molecule has 1 aliphatic carbocycles. The molecule has 2 fully saturated rings. The molecule has 1 aromatic rings. The van der Waals surface area contributed by atoms with E-state index in [1.54, 1.807) is 12.4 Å². The molecule has 0 amide bonds. The molecule has 0 unspecified atom stereocenters. The number of aromatic nitrogens is 2. The highest BCUT2D eigenvalue weighted by molar-refractivity contribution is 6.30. The van der Waals surface area contributed by atoms with Gasteiger partial charge in [0.2, 0.25) is 5.95 Å². The Hall–Kier alpha value is -0.870. The van der Waals surface area contributed by atoms with Gasteiger partial charge in [-0.1, -0.05) is 11.6 Å². The van der Waals surface area contributed by atoms with Crippen LogP contribution in [0.15, 0.2) is 12.4 Å². The standard InChI is InChI=1S/C13H19ClN4/c14-11-8-16-13(17-9-11)18-5-3-12(4-6-18)15-7-10-1-2-10/h8-10,12,15H,1-7H2. The Morgan fingerprint density at radius 1 is 1.17 bits per heavy atom. The van der Waals surface area contributed by atoms with Gasteiger partial charge in [-0.05, 0) is 38.1 Å². The third kappa shape index (κ3) is 3.12. The molecule has 1 saturated heterocycles. The number of piperidine rings is 1. The Morgan fingerprint density at radius 2 is 1.83 bits per heavy atom. The fraction of sp³-hybridized carbons (Fsp3) is 0.692. The molecule has 18 heavy (non-hydrogen) atoms. The summed E-state index contributed by atoms with van der Waals surface area (Å²) >= 11 is 5.80. The lowest BCUT2D eigenvalue weighted by Gasteiger charge is -2.32. The predicted octanol–water partition coefficient (Wildman–Crippen LogP) is 2.10. The summed E-state index contributed by atoms with van der Waals surface area (Å²) in [7, 11) is 0. The fourth-order valence-electron chi connectivity index (χ4n) is 2.41. The second-order valence-electron chi connectivity index (χ2n) is 5.31. The Balaban J connectivity index is 1.48. The number of rotatable bonds is 4. The normalized spacial score (nSPS) is 21.3. The smallest absolute Gasteiger partial charge is 0.225 e. The third-order valence-corrected chi connectivity index (χ3v) is 3.97. The number of nitrogens with one attached hydrogen (secondary N) is 1. The first-order valence-corrected chi connectivity index (χ1v) is 7.15. The van der Waals surface area contributed by atoms with Gasteiger partial charge in [0, 0.05) is 19.1 Å². The monoisotopic (exact) mass is 266 g/mol. The van der Waals surface area contributed by atoms with E-state index in [0.29, 0.717) is 11.1 Å². The van der Waals surface area contributed by atoms with Gasteiger partial charge in [-0.2, -0.15) is 0 Å². The summed E-state index contributed by atoms with van der Waals surface area (Å²) in [6.45, 7) is 3.27. The largest absolute Gasteiger partial charge is 0.341 e. The van der Waals surface area contributed by atoms with Gasteiger partial charge >= 0.3 is 0 Å². The van der Waals surface area contributed by atoms with E-state index in [0.717, 1.165) is 25.0 Å². The summed E-state index contributed by atoms with van der Waals surface area (Å²) in [5.41, 5.74) is 0. The maximum absolute atomic E-state index is 5.80. The lowest BCUT2D eigenvalue weighted by Crippen LogP contribution is -2.43. The molecule has 1 saturated carbocycles. The molecule has 1 aromatic heterocycles. The lowest BCUT2D eigenvalue weighted by atomic mass is 10.1. The van der Waals surface area contributed by atoms with E-state index in [1.807, 2.05) is 0 Å². The minimum Gasteiger partial charge on any atom is -0.341 e. The lowest BCUT2D eigenvalue weighted by molar-refractivity contribution is 0.406. The SMILES string of the molecule is Clc1cnc(N2CCC(NCC3CC3)CC2)nc1. The second-order valence-corrected chi connectivity index (χ2v) is 5.75. The Kier molecular flexibility index (Phi) is 3.66. The second kappa shape index (κ2) is 5.41. The number of hydrogen-bond donors (Lipinski definition) is 1. The summed E-state index contributed by atoms with van der Waals surface area (Å²) in [4.78, 5) is 10.8. The van der Waals surface area contributed by atoms with Gasteiger partial charge in [0.15, 0.2) is 0 Å². The van der Waals surface area contributed by atoms with E-state index in [-0.39, 0.29) is 0 Å². The highest BCUT2D eigenvalue weighted by Gasteiger charge is 2.24.